The second kappa shape index (κ2) is 4.89. The predicted molar refractivity (Wildman–Crippen MR) is 66.6 cm³/mol. The molecule has 1 aromatic carbocycles. The van der Waals surface area contributed by atoms with Crippen LogP contribution in [0.1, 0.15) is 22.8 Å². The van der Waals surface area contributed by atoms with Gasteiger partial charge in [0.05, 0.1) is 16.5 Å². The molecule has 0 aromatic heterocycles. The lowest BCUT2D eigenvalue weighted by atomic mass is 10.0. The molecule has 14 heavy (non-hydrogen) atoms. The zero-order chi connectivity index (χ0) is 10.7. The molecule has 4 heteroatoms. The highest BCUT2D eigenvalue weighted by molar-refractivity contribution is 14.1. The van der Waals surface area contributed by atoms with Crippen LogP contribution in [0, 0.1) is 14.9 Å². The van der Waals surface area contributed by atoms with E-state index in [1.807, 2.05) is 12.1 Å². The van der Waals surface area contributed by atoms with Crippen molar-refractivity contribution < 1.29 is 4.79 Å². The molecule has 0 N–H and O–H groups in total. The van der Waals surface area contributed by atoms with Gasteiger partial charge in [-0.2, -0.15) is 5.26 Å². The topological polar surface area (TPSA) is 40.9 Å². The van der Waals surface area contributed by atoms with Crippen LogP contribution in [0.5, 0.6) is 0 Å². The lowest BCUT2D eigenvalue weighted by Crippen LogP contribution is -2.13. The van der Waals surface area contributed by atoms with E-state index in [0.29, 0.717) is 11.1 Å². The predicted octanol–water partition coefficient (Wildman–Crippen LogP) is 3.13. The molecule has 1 rings (SSSR count). The number of alkyl halides is 1. The van der Waals surface area contributed by atoms with Crippen LogP contribution in [-0.2, 0) is 0 Å². The number of carbonyl (C=O) groups excluding carboxylic acids is 1. The van der Waals surface area contributed by atoms with Crippen LogP contribution in [0.15, 0.2) is 18.2 Å². The molecule has 1 atom stereocenters. The summed E-state index contributed by atoms with van der Waals surface area (Å²) in [7, 11) is 0. The molecule has 0 fully saturated rings. The van der Waals surface area contributed by atoms with Crippen LogP contribution in [-0.4, -0.2) is 10.6 Å². The van der Waals surface area contributed by atoms with Gasteiger partial charge in [0.25, 0.3) is 0 Å². The summed E-state index contributed by atoms with van der Waals surface area (Å²) in [5.74, 6) is -0.0495. The van der Waals surface area contributed by atoms with Crippen molar-refractivity contribution in [3.63, 3.8) is 0 Å². The zero-order valence-electron chi connectivity index (χ0n) is 7.42. The molecule has 0 radical (unpaired) electrons. The third-order valence-electron chi connectivity index (χ3n) is 1.74. The third-order valence-corrected chi connectivity index (χ3v) is 3.06. The Balaban J connectivity index is 3.33. The normalized spacial score (nSPS) is 11.9. The van der Waals surface area contributed by atoms with Gasteiger partial charge < -0.3 is 0 Å². The van der Waals surface area contributed by atoms with Crippen molar-refractivity contribution in [2.24, 2.45) is 0 Å². The van der Waals surface area contributed by atoms with Crippen molar-refractivity contribution in [2.75, 3.05) is 0 Å². The number of rotatable bonds is 2. The molecule has 0 heterocycles. The Morgan fingerprint density at radius 1 is 1.64 bits per heavy atom. The average Bonchev–Trinajstić information content (AvgIpc) is 2.16. The minimum Gasteiger partial charge on any atom is -0.293 e. The number of ketones is 1. The highest BCUT2D eigenvalue weighted by Crippen LogP contribution is 2.20. The summed E-state index contributed by atoms with van der Waals surface area (Å²) < 4.78 is 0.818. The summed E-state index contributed by atoms with van der Waals surface area (Å²) in [4.78, 5) is 11.5. The van der Waals surface area contributed by atoms with E-state index in [1.54, 1.807) is 19.1 Å². The van der Waals surface area contributed by atoms with Crippen molar-refractivity contribution in [1.29, 1.82) is 5.26 Å². The largest absolute Gasteiger partial charge is 0.293 e. The summed E-state index contributed by atoms with van der Waals surface area (Å²) in [5, 5.41) is 8.85. The molecule has 1 unspecified atom stereocenters. The third kappa shape index (κ3) is 2.34. The molecule has 0 bridgehead atoms. The Bertz CT molecular complexity index is 409. The van der Waals surface area contributed by atoms with Gasteiger partial charge in [-0.1, -0.05) is 22.0 Å². The Kier molecular flexibility index (Phi) is 4.08. The Morgan fingerprint density at radius 3 is 2.79 bits per heavy atom. The lowest BCUT2D eigenvalue weighted by Gasteiger charge is -2.06. The molecular weight excluding hydrogens is 357 g/mol. The standard InChI is InChI=1S/C10H7BrINO/c1-6(11)10(14)9-7(5-13)3-2-4-8(9)12/h2-4,6H,1H3. The monoisotopic (exact) mass is 363 g/mol. The van der Waals surface area contributed by atoms with Crippen molar-refractivity contribution in [1.82, 2.24) is 0 Å². The first-order valence-corrected chi connectivity index (χ1v) is 5.94. The van der Waals surface area contributed by atoms with E-state index in [4.69, 9.17) is 5.26 Å². The maximum Gasteiger partial charge on any atom is 0.178 e. The molecule has 0 aliphatic rings. The van der Waals surface area contributed by atoms with Crippen LogP contribution >= 0.6 is 38.5 Å². The Labute approximate surface area is 105 Å². The van der Waals surface area contributed by atoms with Crippen LogP contribution < -0.4 is 0 Å². The van der Waals surface area contributed by atoms with Crippen molar-refractivity contribution in [3.05, 3.63) is 32.9 Å². The quantitative estimate of drug-likeness (QED) is 0.460. The number of benzene rings is 1. The number of hydrogen-bond donors (Lipinski definition) is 0. The minimum absolute atomic E-state index is 0.0495. The van der Waals surface area contributed by atoms with Gasteiger partial charge in [0.1, 0.15) is 0 Å². The Morgan fingerprint density at radius 2 is 2.29 bits per heavy atom. The highest BCUT2D eigenvalue weighted by Gasteiger charge is 2.18. The first-order chi connectivity index (χ1) is 6.57. The summed E-state index contributed by atoms with van der Waals surface area (Å²) in [6, 6.07) is 7.28. The van der Waals surface area contributed by atoms with E-state index in [0.717, 1.165) is 3.57 Å². The molecule has 0 aliphatic heterocycles. The van der Waals surface area contributed by atoms with Gasteiger partial charge in [-0.3, -0.25) is 4.79 Å². The fourth-order valence-electron chi connectivity index (χ4n) is 1.07. The smallest absolute Gasteiger partial charge is 0.178 e. The minimum atomic E-state index is -0.259. The lowest BCUT2D eigenvalue weighted by molar-refractivity contribution is 0.0995. The van der Waals surface area contributed by atoms with Crippen molar-refractivity contribution >= 4 is 44.3 Å². The zero-order valence-corrected chi connectivity index (χ0v) is 11.2. The molecule has 72 valence electrons. The van der Waals surface area contributed by atoms with Gasteiger partial charge in [0.15, 0.2) is 5.78 Å². The SMILES string of the molecule is CC(Br)C(=O)c1c(I)cccc1C#N. The van der Waals surface area contributed by atoms with E-state index < -0.39 is 0 Å². The first kappa shape index (κ1) is 11.7. The second-order valence-corrected chi connectivity index (χ2v) is 5.29. The number of nitriles is 1. The molecular formula is C10H7BrINO. The van der Waals surface area contributed by atoms with Crippen LogP contribution in [0.4, 0.5) is 0 Å². The highest BCUT2D eigenvalue weighted by atomic mass is 127. The number of hydrogen-bond acceptors (Lipinski definition) is 2. The van der Waals surface area contributed by atoms with Crippen LogP contribution in [0.3, 0.4) is 0 Å². The van der Waals surface area contributed by atoms with E-state index in [9.17, 15) is 4.79 Å². The molecule has 1 aromatic rings. The fraction of sp³-hybridized carbons (Fsp3) is 0.200. The average molecular weight is 364 g/mol. The van der Waals surface area contributed by atoms with Crippen molar-refractivity contribution in [2.45, 2.75) is 11.8 Å². The summed E-state index contributed by atoms with van der Waals surface area (Å²) >= 11 is 5.28. The molecule has 0 saturated heterocycles. The van der Waals surface area contributed by atoms with E-state index in [-0.39, 0.29) is 10.6 Å². The van der Waals surface area contributed by atoms with Gasteiger partial charge >= 0.3 is 0 Å². The fourth-order valence-corrected chi connectivity index (χ4v) is 2.06. The van der Waals surface area contributed by atoms with Gasteiger partial charge in [-0.25, -0.2) is 0 Å². The number of nitrogens with zero attached hydrogens (tertiary/aromatic N) is 1. The van der Waals surface area contributed by atoms with Gasteiger partial charge in [-0.15, -0.1) is 0 Å². The summed E-state index contributed by atoms with van der Waals surface area (Å²) in [6.45, 7) is 1.76. The van der Waals surface area contributed by atoms with E-state index in [1.165, 1.54) is 0 Å². The van der Waals surface area contributed by atoms with E-state index >= 15 is 0 Å². The van der Waals surface area contributed by atoms with E-state index in [2.05, 4.69) is 38.5 Å². The van der Waals surface area contributed by atoms with Gasteiger partial charge in [-0.05, 0) is 41.6 Å². The molecule has 0 aliphatic carbocycles. The Hall–Kier alpha value is -0.410. The molecule has 0 spiro atoms. The first-order valence-electron chi connectivity index (χ1n) is 3.94. The van der Waals surface area contributed by atoms with Gasteiger partial charge in [0, 0.05) is 9.13 Å². The number of carbonyl (C=O) groups is 1. The number of halogens is 2. The van der Waals surface area contributed by atoms with Gasteiger partial charge in [0.2, 0.25) is 0 Å². The van der Waals surface area contributed by atoms with Crippen LogP contribution in [0.2, 0.25) is 0 Å². The maximum absolute atomic E-state index is 11.7. The van der Waals surface area contributed by atoms with Crippen LogP contribution in [0.25, 0.3) is 0 Å². The molecule has 2 nitrogen and oxygen atoms in total. The summed E-state index contributed by atoms with van der Waals surface area (Å²) in [5.41, 5.74) is 0.952. The molecule has 0 saturated carbocycles. The maximum atomic E-state index is 11.7. The summed E-state index contributed by atoms with van der Waals surface area (Å²) in [6.07, 6.45) is 0. The van der Waals surface area contributed by atoms with Crippen molar-refractivity contribution in [3.8, 4) is 6.07 Å². The number of Topliss-reactive ketones (excluding diaryl/α,β-unsaturated/α-hetero) is 1. The second-order valence-electron chi connectivity index (χ2n) is 2.75. The molecule has 0 amide bonds.